The highest BCUT2D eigenvalue weighted by Crippen LogP contribution is 2.12. The van der Waals surface area contributed by atoms with Gasteiger partial charge in [-0.15, -0.1) is 0 Å². The number of allylic oxidation sites excluding steroid dienone is 1. The van der Waals surface area contributed by atoms with E-state index in [1.807, 2.05) is 6.08 Å². The van der Waals surface area contributed by atoms with Gasteiger partial charge in [-0.2, -0.15) is 0 Å². The Morgan fingerprint density at radius 3 is 1.85 bits per heavy atom. The normalized spacial score (nSPS) is 16.7. The third kappa shape index (κ3) is 15.8. The van der Waals surface area contributed by atoms with Crippen molar-refractivity contribution in [2.75, 3.05) is 6.61 Å². The van der Waals surface area contributed by atoms with Gasteiger partial charge in [0.05, 0.1) is 18.8 Å². The summed E-state index contributed by atoms with van der Waals surface area (Å²) < 4.78 is 4.99. The summed E-state index contributed by atoms with van der Waals surface area (Å²) in [5.74, 6) is 0. The van der Waals surface area contributed by atoms with Crippen LogP contribution in [0, 0.1) is 0 Å². The molecule has 5 nitrogen and oxygen atoms in total. The van der Waals surface area contributed by atoms with Gasteiger partial charge in [-0.25, -0.2) is 0 Å². The van der Waals surface area contributed by atoms with E-state index in [0.717, 1.165) is 12.8 Å². The number of unbranched alkanes of at least 4 members (excludes halogenated alkanes) is 11. The molecular weight excluding hydrogens is 330 g/mol. The fourth-order valence-corrected chi connectivity index (χ4v) is 2.75. The molecule has 0 saturated heterocycles. The standard InChI is InChI=1S/C21H43NO4/c1-3-4-5-6-7-8-9-10-11-12-13-14-15-16-20(24)19(22)17-26-21(25)18(2)23/h15-16,18-21,23-25H,3-14,17,22H2,1-2H3/b16-15+/t18-,19-,20+,21-/m1/s1. The SMILES string of the molecule is CCCCCCCCCCCCC/C=C/[C@H](O)[C@H](N)CO[C@@H](O)[C@@H](C)O. The maximum Gasteiger partial charge on any atom is 0.180 e. The number of nitrogens with two attached hydrogens (primary N) is 1. The fraction of sp³-hybridized carbons (Fsp3) is 0.905. The van der Waals surface area contributed by atoms with Crippen molar-refractivity contribution in [3.8, 4) is 0 Å². The first-order chi connectivity index (χ1) is 12.5. The smallest absolute Gasteiger partial charge is 0.180 e. The molecule has 5 N–H and O–H groups in total. The highest BCUT2D eigenvalue weighted by molar-refractivity contribution is 4.93. The predicted octanol–water partition coefficient (Wildman–Crippen LogP) is 3.65. The Kier molecular flexibility index (Phi) is 17.6. The van der Waals surface area contributed by atoms with Crippen LogP contribution < -0.4 is 5.73 Å². The Hall–Kier alpha value is -0.460. The first-order valence-electron chi connectivity index (χ1n) is 10.6. The van der Waals surface area contributed by atoms with Crippen molar-refractivity contribution < 1.29 is 20.1 Å². The molecule has 0 rings (SSSR count). The van der Waals surface area contributed by atoms with Gasteiger partial charge in [0.2, 0.25) is 0 Å². The van der Waals surface area contributed by atoms with Crippen LogP contribution in [0.25, 0.3) is 0 Å². The molecular formula is C21H43NO4. The lowest BCUT2D eigenvalue weighted by Crippen LogP contribution is -2.40. The Morgan fingerprint density at radius 2 is 1.35 bits per heavy atom. The quantitative estimate of drug-likeness (QED) is 0.167. The lowest BCUT2D eigenvalue weighted by molar-refractivity contribution is -0.161. The van der Waals surface area contributed by atoms with E-state index in [2.05, 4.69) is 6.92 Å². The summed E-state index contributed by atoms with van der Waals surface area (Å²) in [5, 5.41) is 28.4. The molecule has 0 amide bonds. The summed E-state index contributed by atoms with van der Waals surface area (Å²) in [6.45, 7) is 3.68. The zero-order valence-electron chi connectivity index (χ0n) is 17.0. The Labute approximate surface area is 160 Å². The van der Waals surface area contributed by atoms with Crippen LogP contribution in [0.15, 0.2) is 12.2 Å². The molecule has 0 radical (unpaired) electrons. The van der Waals surface area contributed by atoms with Crippen LogP contribution in [-0.4, -0.2) is 46.5 Å². The first kappa shape index (κ1) is 25.5. The second kappa shape index (κ2) is 17.9. The van der Waals surface area contributed by atoms with Crippen LogP contribution in [0.3, 0.4) is 0 Å². The highest BCUT2D eigenvalue weighted by atomic mass is 16.6. The number of aliphatic hydroxyl groups excluding tert-OH is 3. The third-order valence-corrected chi connectivity index (χ3v) is 4.62. The minimum Gasteiger partial charge on any atom is -0.388 e. The number of hydrogen-bond acceptors (Lipinski definition) is 5. The number of hydrogen-bond donors (Lipinski definition) is 4. The van der Waals surface area contributed by atoms with E-state index in [0.29, 0.717) is 0 Å². The molecule has 0 fully saturated rings. The monoisotopic (exact) mass is 373 g/mol. The summed E-state index contributed by atoms with van der Waals surface area (Å²) in [7, 11) is 0. The topological polar surface area (TPSA) is 95.9 Å². The van der Waals surface area contributed by atoms with Crippen LogP contribution in [0.1, 0.15) is 90.9 Å². The molecule has 0 aliphatic rings. The molecule has 5 heteroatoms. The number of aliphatic hydroxyl groups is 3. The molecule has 0 heterocycles. The minimum absolute atomic E-state index is 0.00395. The average molecular weight is 374 g/mol. The maximum absolute atomic E-state index is 9.91. The molecule has 0 saturated carbocycles. The van der Waals surface area contributed by atoms with Gasteiger partial charge in [0, 0.05) is 0 Å². The zero-order chi connectivity index (χ0) is 19.6. The van der Waals surface area contributed by atoms with Crippen LogP contribution in [0.5, 0.6) is 0 Å². The van der Waals surface area contributed by atoms with Crippen LogP contribution >= 0.6 is 0 Å². The van der Waals surface area contributed by atoms with Crippen molar-refractivity contribution >= 4 is 0 Å². The second-order valence-corrected chi connectivity index (χ2v) is 7.37. The Morgan fingerprint density at radius 1 is 0.846 bits per heavy atom. The van der Waals surface area contributed by atoms with E-state index in [4.69, 9.17) is 15.6 Å². The molecule has 0 aliphatic carbocycles. The molecule has 0 bridgehead atoms. The average Bonchev–Trinajstić information content (AvgIpc) is 2.62. The molecule has 0 unspecified atom stereocenters. The van der Waals surface area contributed by atoms with Gasteiger partial charge in [-0.3, -0.25) is 0 Å². The summed E-state index contributed by atoms with van der Waals surface area (Å²) in [6, 6.07) is -0.614. The van der Waals surface area contributed by atoms with Gasteiger partial charge in [-0.05, 0) is 19.8 Å². The van der Waals surface area contributed by atoms with Gasteiger partial charge >= 0.3 is 0 Å². The van der Waals surface area contributed by atoms with Crippen molar-refractivity contribution in [2.24, 2.45) is 5.73 Å². The summed E-state index contributed by atoms with van der Waals surface area (Å²) in [6.07, 6.45) is 16.1. The van der Waals surface area contributed by atoms with E-state index in [-0.39, 0.29) is 6.61 Å². The van der Waals surface area contributed by atoms with E-state index in [1.54, 1.807) is 6.08 Å². The van der Waals surface area contributed by atoms with Gasteiger partial charge in [0.25, 0.3) is 0 Å². The molecule has 0 aromatic carbocycles. The van der Waals surface area contributed by atoms with Crippen LogP contribution in [-0.2, 0) is 4.74 Å². The van der Waals surface area contributed by atoms with E-state index in [9.17, 15) is 10.2 Å². The van der Waals surface area contributed by atoms with Crippen molar-refractivity contribution in [1.29, 1.82) is 0 Å². The summed E-state index contributed by atoms with van der Waals surface area (Å²) in [5.41, 5.74) is 5.79. The molecule has 4 atom stereocenters. The lowest BCUT2D eigenvalue weighted by atomic mass is 10.0. The van der Waals surface area contributed by atoms with Crippen molar-refractivity contribution in [1.82, 2.24) is 0 Å². The molecule has 0 aromatic heterocycles. The van der Waals surface area contributed by atoms with E-state index >= 15 is 0 Å². The predicted molar refractivity (Wildman–Crippen MR) is 108 cm³/mol. The van der Waals surface area contributed by atoms with Gasteiger partial charge < -0.3 is 25.8 Å². The number of ether oxygens (including phenoxy) is 1. The molecule has 0 spiro atoms. The van der Waals surface area contributed by atoms with E-state index in [1.165, 1.54) is 71.1 Å². The highest BCUT2D eigenvalue weighted by Gasteiger charge is 2.16. The second-order valence-electron chi connectivity index (χ2n) is 7.37. The largest absolute Gasteiger partial charge is 0.388 e. The van der Waals surface area contributed by atoms with Crippen molar-refractivity contribution in [2.45, 2.75) is 115 Å². The van der Waals surface area contributed by atoms with Gasteiger partial charge in [0.15, 0.2) is 6.29 Å². The van der Waals surface area contributed by atoms with Crippen LogP contribution in [0.2, 0.25) is 0 Å². The van der Waals surface area contributed by atoms with E-state index < -0.39 is 24.5 Å². The maximum atomic E-state index is 9.91. The summed E-state index contributed by atoms with van der Waals surface area (Å²) >= 11 is 0. The Balaban J connectivity index is 3.48. The Bertz CT molecular complexity index is 323. The lowest BCUT2D eigenvalue weighted by Gasteiger charge is -2.20. The molecule has 0 aliphatic heterocycles. The van der Waals surface area contributed by atoms with Gasteiger partial charge in [0.1, 0.15) is 6.10 Å². The number of rotatable bonds is 18. The zero-order valence-corrected chi connectivity index (χ0v) is 17.0. The van der Waals surface area contributed by atoms with Crippen molar-refractivity contribution in [3.63, 3.8) is 0 Å². The third-order valence-electron chi connectivity index (χ3n) is 4.62. The molecule has 156 valence electrons. The van der Waals surface area contributed by atoms with Crippen molar-refractivity contribution in [3.05, 3.63) is 12.2 Å². The van der Waals surface area contributed by atoms with Crippen LogP contribution in [0.4, 0.5) is 0 Å². The first-order valence-corrected chi connectivity index (χ1v) is 10.6. The molecule has 26 heavy (non-hydrogen) atoms. The van der Waals surface area contributed by atoms with Gasteiger partial charge in [-0.1, -0.05) is 83.3 Å². The minimum atomic E-state index is -1.27. The molecule has 0 aromatic rings. The fourth-order valence-electron chi connectivity index (χ4n) is 2.75. The summed E-state index contributed by atoms with van der Waals surface area (Å²) in [4.78, 5) is 0.